The molecule has 0 radical (unpaired) electrons. The zero-order chi connectivity index (χ0) is 18.3. The lowest BCUT2D eigenvalue weighted by atomic mass is 9.98. The predicted molar refractivity (Wildman–Crippen MR) is 99.7 cm³/mol. The van der Waals surface area contributed by atoms with Gasteiger partial charge < -0.3 is 15.0 Å². The van der Waals surface area contributed by atoms with Crippen LogP contribution in [0.15, 0.2) is 49.1 Å². The first-order valence-electron chi connectivity index (χ1n) is 8.66. The van der Waals surface area contributed by atoms with E-state index in [0.717, 1.165) is 24.0 Å². The lowest BCUT2D eigenvalue weighted by Gasteiger charge is -2.23. The van der Waals surface area contributed by atoms with Crippen molar-refractivity contribution in [2.45, 2.75) is 25.3 Å². The van der Waals surface area contributed by atoms with Gasteiger partial charge in [-0.25, -0.2) is 0 Å². The number of H-pyrrole nitrogens is 1. The van der Waals surface area contributed by atoms with E-state index in [1.165, 1.54) is 6.08 Å². The van der Waals surface area contributed by atoms with Gasteiger partial charge in [0, 0.05) is 35.1 Å². The van der Waals surface area contributed by atoms with Crippen LogP contribution in [0.2, 0.25) is 0 Å². The Morgan fingerprint density at radius 3 is 2.92 bits per heavy atom. The van der Waals surface area contributed by atoms with E-state index in [1.807, 2.05) is 23.1 Å². The number of aromatic amines is 1. The molecule has 2 aromatic heterocycles. The maximum absolute atomic E-state index is 12.0. The Labute approximate surface area is 151 Å². The summed E-state index contributed by atoms with van der Waals surface area (Å²) in [7, 11) is 0. The number of likely N-dealkylation sites (tertiary alicyclic amines) is 1. The molecule has 0 aliphatic carbocycles. The average molecular weight is 348 g/mol. The van der Waals surface area contributed by atoms with Crippen LogP contribution in [0.4, 0.5) is 0 Å². The minimum atomic E-state index is -0.0299. The number of rotatable bonds is 3. The smallest absolute Gasteiger partial charge is 0.246 e. The number of phenolic OH excluding ortho intramolecular Hbond substituents is 1. The second-order valence-electron chi connectivity index (χ2n) is 6.65. The van der Waals surface area contributed by atoms with Crippen LogP contribution in [-0.4, -0.2) is 43.7 Å². The van der Waals surface area contributed by atoms with Gasteiger partial charge in [0.2, 0.25) is 5.91 Å². The zero-order valence-corrected chi connectivity index (χ0v) is 14.5. The summed E-state index contributed by atoms with van der Waals surface area (Å²) in [5.41, 5.74) is 3.04. The van der Waals surface area contributed by atoms with Gasteiger partial charge in [0.05, 0.1) is 5.69 Å². The molecule has 1 amide bonds. The van der Waals surface area contributed by atoms with E-state index in [2.05, 4.69) is 34.8 Å². The molecule has 1 aliphatic heterocycles. The van der Waals surface area contributed by atoms with Crippen molar-refractivity contribution in [2.75, 3.05) is 6.54 Å². The molecule has 1 fully saturated rings. The van der Waals surface area contributed by atoms with E-state index >= 15 is 0 Å². The Bertz CT molecular complexity index is 994. The van der Waals surface area contributed by atoms with Crippen molar-refractivity contribution in [2.24, 2.45) is 0 Å². The number of carbonyl (C=O) groups excluding carboxylic acids is 1. The van der Waals surface area contributed by atoms with Crippen molar-refractivity contribution in [1.82, 2.24) is 20.1 Å². The molecular weight excluding hydrogens is 328 g/mol. The number of nitrogens with zero attached hydrogens (tertiary/aromatic N) is 3. The van der Waals surface area contributed by atoms with Gasteiger partial charge in [-0.15, -0.1) is 10.2 Å². The average Bonchev–Trinajstić information content (AvgIpc) is 3.24. The third-order valence-electron chi connectivity index (χ3n) is 5.19. The van der Waals surface area contributed by atoms with E-state index in [9.17, 15) is 9.90 Å². The van der Waals surface area contributed by atoms with E-state index < -0.39 is 0 Å². The minimum absolute atomic E-state index is 0.0299. The lowest BCUT2D eigenvalue weighted by Crippen LogP contribution is -2.34. The van der Waals surface area contributed by atoms with E-state index in [-0.39, 0.29) is 23.6 Å². The van der Waals surface area contributed by atoms with Crippen molar-refractivity contribution < 1.29 is 9.90 Å². The number of hydrogen-bond acceptors (Lipinski definition) is 4. The highest BCUT2D eigenvalue weighted by atomic mass is 16.3. The van der Waals surface area contributed by atoms with Crippen molar-refractivity contribution in [3.8, 4) is 17.0 Å². The number of hydrogen-bond donors (Lipinski definition) is 2. The molecule has 6 nitrogen and oxygen atoms in total. The Balaban J connectivity index is 1.68. The van der Waals surface area contributed by atoms with Crippen molar-refractivity contribution >= 4 is 16.9 Å². The molecule has 2 N–H and O–H groups in total. The van der Waals surface area contributed by atoms with Gasteiger partial charge >= 0.3 is 0 Å². The van der Waals surface area contributed by atoms with Crippen molar-refractivity contribution in [1.29, 1.82) is 0 Å². The number of aromatic hydroxyl groups is 1. The van der Waals surface area contributed by atoms with Crippen LogP contribution < -0.4 is 0 Å². The van der Waals surface area contributed by atoms with Gasteiger partial charge in [-0.3, -0.25) is 4.79 Å². The molecule has 26 heavy (non-hydrogen) atoms. The molecule has 4 rings (SSSR count). The number of fused-ring (bicyclic) bond motifs is 1. The van der Waals surface area contributed by atoms with Crippen molar-refractivity contribution in [3.63, 3.8) is 0 Å². The Kier molecular flexibility index (Phi) is 3.95. The van der Waals surface area contributed by atoms with Gasteiger partial charge in [0.15, 0.2) is 5.65 Å². The third kappa shape index (κ3) is 2.63. The molecule has 6 heteroatoms. The summed E-state index contributed by atoms with van der Waals surface area (Å²) in [6, 6.07) is 11.2. The molecule has 3 aromatic rings. The van der Waals surface area contributed by atoms with Crippen LogP contribution in [0, 0.1) is 0 Å². The molecular formula is C20H20N4O2. The SMILES string of the molecule is C=CC(=O)N1CC[C@H](c2cc3cc(-c4ccccc4O)nnc3[nH]2)[C@@H]1C. The first-order valence-corrected chi connectivity index (χ1v) is 8.66. The zero-order valence-electron chi connectivity index (χ0n) is 14.5. The maximum Gasteiger partial charge on any atom is 0.246 e. The molecule has 1 aliphatic rings. The minimum Gasteiger partial charge on any atom is -0.507 e. The number of aromatic nitrogens is 3. The summed E-state index contributed by atoms with van der Waals surface area (Å²) in [5, 5.41) is 19.5. The quantitative estimate of drug-likeness (QED) is 0.712. The fourth-order valence-electron chi connectivity index (χ4n) is 3.76. The monoisotopic (exact) mass is 348 g/mol. The van der Waals surface area contributed by atoms with Crippen molar-refractivity contribution in [3.05, 3.63) is 54.7 Å². The van der Waals surface area contributed by atoms with E-state index in [4.69, 9.17) is 0 Å². The lowest BCUT2D eigenvalue weighted by molar-refractivity contribution is -0.126. The van der Waals surface area contributed by atoms with Crippen LogP contribution in [0.1, 0.15) is 25.0 Å². The maximum atomic E-state index is 12.0. The highest BCUT2D eigenvalue weighted by Crippen LogP contribution is 2.35. The number of phenols is 1. The fraction of sp³-hybridized carbons (Fsp3) is 0.250. The largest absolute Gasteiger partial charge is 0.507 e. The molecule has 1 aromatic carbocycles. The molecule has 0 bridgehead atoms. The highest BCUT2D eigenvalue weighted by Gasteiger charge is 2.34. The van der Waals surface area contributed by atoms with Crippen LogP contribution in [0.5, 0.6) is 5.75 Å². The molecule has 0 spiro atoms. The predicted octanol–water partition coefficient (Wildman–Crippen LogP) is 3.22. The summed E-state index contributed by atoms with van der Waals surface area (Å²) in [6.07, 6.45) is 2.27. The number of amides is 1. The van der Waals surface area contributed by atoms with Crippen LogP contribution >= 0.6 is 0 Å². The normalized spacial score (nSPS) is 19.8. The number of para-hydroxylation sites is 1. The third-order valence-corrected chi connectivity index (χ3v) is 5.19. The molecule has 0 saturated carbocycles. The molecule has 3 heterocycles. The summed E-state index contributed by atoms with van der Waals surface area (Å²) in [6.45, 7) is 6.36. The second kappa shape index (κ2) is 6.29. The number of nitrogens with one attached hydrogen (secondary N) is 1. The molecule has 2 atom stereocenters. The summed E-state index contributed by atoms with van der Waals surface area (Å²) >= 11 is 0. The van der Waals surface area contributed by atoms with Gasteiger partial charge in [-0.1, -0.05) is 18.7 Å². The Morgan fingerprint density at radius 2 is 2.15 bits per heavy atom. The number of benzene rings is 1. The Hall–Kier alpha value is -3.15. The van der Waals surface area contributed by atoms with Crippen LogP contribution in [-0.2, 0) is 4.79 Å². The second-order valence-corrected chi connectivity index (χ2v) is 6.65. The highest BCUT2D eigenvalue weighted by molar-refractivity contribution is 5.87. The van der Waals surface area contributed by atoms with E-state index in [1.54, 1.807) is 12.1 Å². The van der Waals surface area contributed by atoms with Gasteiger partial charge in [0.25, 0.3) is 0 Å². The number of carbonyl (C=O) groups is 1. The summed E-state index contributed by atoms with van der Waals surface area (Å²) in [5.74, 6) is 0.374. The topological polar surface area (TPSA) is 82.1 Å². The standard InChI is InChI=1S/C20H20N4O2/c1-3-19(26)24-9-8-14(12(24)2)16-10-13-11-17(22-23-20(13)21-16)15-6-4-5-7-18(15)25/h3-7,10-12,14,25H,1,8-9H2,2H3,(H,21,23)/t12-,14-/m0/s1. The first-order chi connectivity index (χ1) is 12.6. The molecule has 0 unspecified atom stereocenters. The fourth-order valence-corrected chi connectivity index (χ4v) is 3.76. The van der Waals surface area contributed by atoms with E-state index in [0.29, 0.717) is 16.9 Å². The summed E-state index contributed by atoms with van der Waals surface area (Å²) in [4.78, 5) is 17.1. The Morgan fingerprint density at radius 1 is 1.35 bits per heavy atom. The van der Waals surface area contributed by atoms with Crippen LogP contribution in [0.25, 0.3) is 22.3 Å². The molecule has 1 saturated heterocycles. The summed E-state index contributed by atoms with van der Waals surface area (Å²) < 4.78 is 0. The van der Waals surface area contributed by atoms with Gasteiger partial charge in [0.1, 0.15) is 5.75 Å². The molecule has 132 valence electrons. The first kappa shape index (κ1) is 16.3. The van der Waals surface area contributed by atoms with Gasteiger partial charge in [-0.05, 0) is 43.7 Å². The van der Waals surface area contributed by atoms with Crippen LogP contribution in [0.3, 0.4) is 0 Å². The van der Waals surface area contributed by atoms with Gasteiger partial charge in [-0.2, -0.15) is 0 Å².